The highest BCUT2D eigenvalue weighted by Gasteiger charge is 2.34. The standard InChI is InChI=1S/C18H19ClN4O2S/c1-3-5-14(24)17-16(12-7-9-13(19)10-8-12)23(15(25)6-4-2)22-11-20-21-18(22)26-17/h7-11H,3-6H2,1-2H3. The normalized spacial score (nSPS) is 13.7. The highest BCUT2D eigenvalue weighted by Crippen LogP contribution is 2.40. The van der Waals surface area contributed by atoms with Crippen LogP contribution in [0.15, 0.2) is 40.7 Å². The molecule has 3 rings (SSSR count). The highest BCUT2D eigenvalue weighted by atomic mass is 35.5. The maximum Gasteiger partial charge on any atom is 0.246 e. The number of nitrogens with zero attached hydrogens (tertiary/aromatic N) is 4. The number of rotatable bonds is 6. The minimum absolute atomic E-state index is 0.00833. The smallest absolute Gasteiger partial charge is 0.246 e. The average Bonchev–Trinajstić information content (AvgIpc) is 3.09. The van der Waals surface area contributed by atoms with E-state index in [4.69, 9.17) is 11.6 Å². The fourth-order valence-corrected chi connectivity index (χ4v) is 3.86. The lowest BCUT2D eigenvalue weighted by Gasteiger charge is -2.32. The van der Waals surface area contributed by atoms with E-state index >= 15 is 0 Å². The lowest BCUT2D eigenvalue weighted by Crippen LogP contribution is -2.41. The fourth-order valence-electron chi connectivity index (χ4n) is 2.72. The van der Waals surface area contributed by atoms with E-state index in [0.29, 0.717) is 40.0 Å². The summed E-state index contributed by atoms with van der Waals surface area (Å²) in [5, 5.41) is 10.6. The van der Waals surface area contributed by atoms with Gasteiger partial charge in [-0.3, -0.25) is 9.59 Å². The molecule has 0 radical (unpaired) electrons. The van der Waals surface area contributed by atoms with Gasteiger partial charge in [-0.05, 0) is 36.7 Å². The third-order valence-corrected chi connectivity index (χ3v) is 5.21. The van der Waals surface area contributed by atoms with Gasteiger partial charge in [0.2, 0.25) is 11.1 Å². The van der Waals surface area contributed by atoms with E-state index in [0.717, 1.165) is 12.0 Å². The van der Waals surface area contributed by atoms with Crippen LogP contribution in [0.4, 0.5) is 0 Å². The van der Waals surface area contributed by atoms with Crippen molar-refractivity contribution in [3.05, 3.63) is 46.1 Å². The molecule has 26 heavy (non-hydrogen) atoms. The Bertz CT molecular complexity index is 860. The molecule has 0 bridgehead atoms. The van der Waals surface area contributed by atoms with Crippen LogP contribution in [0.2, 0.25) is 5.02 Å². The number of halogens is 1. The zero-order valence-corrected chi connectivity index (χ0v) is 16.2. The molecule has 1 aliphatic heterocycles. The molecule has 0 saturated heterocycles. The van der Waals surface area contributed by atoms with Crippen LogP contribution in [0.3, 0.4) is 0 Å². The number of fused-ring (bicyclic) bond motifs is 1. The number of carbonyl (C=O) groups is 2. The van der Waals surface area contributed by atoms with Crippen molar-refractivity contribution in [2.24, 2.45) is 0 Å². The second-order valence-corrected chi connectivity index (χ2v) is 7.29. The molecule has 0 N–H and O–H groups in total. The van der Waals surface area contributed by atoms with Crippen molar-refractivity contribution in [3.63, 3.8) is 0 Å². The molecule has 0 atom stereocenters. The van der Waals surface area contributed by atoms with Crippen molar-refractivity contribution in [2.75, 3.05) is 5.01 Å². The molecule has 1 aromatic carbocycles. The Labute approximate surface area is 161 Å². The van der Waals surface area contributed by atoms with Crippen molar-refractivity contribution in [3.8, 4) is 0 Å². The SMILES string of the molecule is CCCC(=O)C1=C(c2ccc(Cl)cc2)N(C(=O)CCC)n2cnnc2S1. The summed E-state index contributed by atoms with van der Waals surface area (Å²) in [6, 6.07) is 7.14. The molecule has 2 aromatic rings. The molecule has 1 amide bonds. The van der Waals surface area contributed by atoms with Crippen LogP contribution in [-0.2, 0) is 9.59 Å². The van der Waals surface area contributed by atoms with Gasteiger partial charge in [-0.25, -0.2) is 9.69 Å². The van der Waals surface area contributed by atoms with Gasteiger partial charge >= 0.3 is 0 Å². The van der Waals surface area contributed by atoms with Gasteiger partial charge in [0, 0.05) is 23.4 Å². The quantitative estimate of drug-likeness (QED) is 0.744. The summed E-state index contributed by atoms with van der Waals surface area (Å²) in [6.45, 7) is 3.90. The molecule has 1 aromatic heterocycles. The molecule has 1 aliphatic rings. The number of carbonyl (C=O) groups excluding carboxylic acids is 2. The van der Waals surface area contributed by atoms with Crippen molar-refractivity contribution in [1.82, 2.24) is 14.9 Å². The third kappa shape index (κ3) is 3.54. The Morgan fingerprint density at radius 1 is 1.12 bits per heavy atom. The van der Waals surface area contributed by atoms with Gasteiger partial charge in [0.15, 0.2) is 5.78 Å². The molecule has 2 heterocycles. The first-order valence-corrected chi connectivity index (χ1v) is 9.70. The second kappa shape index (κ2) is 8.05. The van der Waals surface area contributed by atoms with Gasteiger partial charge in [0.25, 0.3) is 0 Å². The minimum Gasteiger partial charge on any atom is -0.294 e. The lowest BCUT2D eigenvalue weighted by molar-refractivity contribution is -0.119. The number of aromatic nitrogens is 3. The van der Waals surface area contributed by atoms with Gasteiger partial charge in [-0.2, -0.15) is 0 Å². The van der Waals surface area contributed by atoms with E-state index in [9.17, 15) is 9.59 Å². The Balaban J connectivity index is 2.20. The summed E-state index contributed by atoms with van der Waals surface area (Å²) in [5.41, 5.74) is 1.32. The van der Waals surface area contributed by atoms with Gasteiger partial charge in [-0.1, -0.05) is 37.6 Å². The maximum absolute atomic E-state index is 12.9. The number of amides is 1. The predicted molar refractivity (Wildman–Crippen MR) is 102 cm³/mol. The number of ketones is 1. The summed E-state index contributed by atoms with van der Waals surface area (Å²) < 4.78 is 1.61. The fraction of sp³-hybridized carbons (Fsp3) is 0.333. The molecular weight excluding hydrogens is 372 g/mol. The molecule has 136 valence electrons. The van der Waals surface area contributed by atoms with E-state index in [2.05, 4.69) is 10.2 Å². The maximum atomic E-state index is 12.9. The van der Waals surface area contributed by atoms with Gasteiger partial charge < -0.3 is 0 Å². The largest absolute Gasteiger partial charge is 0.294 e. The Kier molecular flexibility index (Phi) is 5.78. The van der Waals surface area contributed by atoms with E-state index in [1.54, 1.807) is 16.8 Å². The molecule has 0 unspecified atom stereocenters. The van der Waals surface area contributed by atoms with Crippen LogP contribution in [-0.4, -0.2) is 26.6 Å². The minimum atomic E-state index is -0.111. The summed E-state index contributed by atoms with van der Waals surface area (Å²) in [5.74, 6) is -0.119. The van der Waals surface area contributed by atoms with Crippen molar-refractivity contribution >= 4 is 40.8 Å². The summed E-state index contributed by atoms with van der Waals surface area (Å²) in [6.07, 6.45) is 3.68. The van der Waals surface area contributed by atoms with Crippen LogP contribution in [0, 0.1) is 0 Å². The first kappa shape index (κ1) is 18.7. The number of hydrogen-bond acceptors (Lipinski definition) is 5. The topological polar surface area (TPSA) is 68.1 Å². The molecule has 8 heteroatoms. The summed E-state index contributed by atoms with van der Waals surface area (Å²) >= 11 is 7.27. The van der Waals surface area contributed by atoms with Crippen molar-refractivity contribution in [1.29, 1.82) is 0 Å². The molecule has 0 saturated carbocycles. The molecule has 0 aliphatic carbocycles. The van der Waals surface area contributed by atoms with Crippen LogP contribution < -0.4 is 5.01 Å². The van der Waals surface area contributed by atoms with E-state index in [1.807, 2.05) is 26.0 Å². The Morgan fingerprint density at radius 3 is 2.46 bits per heavy atom. The zero-order valence-electron chi connectivity index (χ0n) is 14.6. The second-order valence-electron chi connectivity index (χ2n) is 5.87. The van der Waals surface area contributed by atoms with Crippen LogP contribution in [0.25, 0.3) is 5.70 Å². The number of benzene rings is 1. The molecule has 0 fully saturated rings. The van der Waals surface area contributed by atoms with Gasteiger partial charge in [0.1, 0.15) is 6.33 Å². The molecule has 6 nitrogen and oxygen atoms in total. The summed E-state index contributed by atoms with van der Waals surface area (Å²) in [7, 11) is 0. The van der Waals surface area contributed by atoms with E-state index in [1.165, 1.54) is 23.1 Å². The zero-order chi connectivity index (χ0) is 18.7. The summed E-state index contributed by atoms with van der Waals surface area (Å²) in [4.78, 5) is 26.2. The lowest BCUT2D eigenvalue weighted by atomic mass is 10.1. The predicted octanol–water partition coefficient (Wildman–Crippen LogP) is 4.04. The van der Waals surface area contributed by atoms with E-state index < -0.39 is 0 Å². The average molecular weight is 391 g/mol. The third-order valence-electron chi connectivity index (χ3n) is 3.88. The van der Waals surface area contributed by atoms with Gasteiger partial charge in [0.05, 0.1) is 10.6 Å². The van der Waals surface area contributed by atoms with Crippen molar-refractivity contribution < 1.29 is 9.59 Å². The molecular formula is C18H19ClN4O2S. The van der Waals surface area contributed by atoms with Crippen LogP contribution >= 0.6 is 23.4 Å². The van der Waals surface area contributed by atoms with Crippen LogP contribution in [0.1, 0.15) is 45.1 Å². The van der Waals surface area contributed by atoms with Crippen molar-refractivity contribution in [2.45, 2.75) is 44.7 Å². The number of thioether (sulfide) groups is 1. The van der Waals surface area contributed by atoms with Gasteiger partial charge in [-0.15, -0.1) is 10.2 Å². The first-order chi connectivity index (χ1) is 12.6. The number of Topliss-reactive ketones (excluding diaryl/α,β-unsaturated/α-hetero) is 1. The monoisotopic (exact) mass is 390 g/mol. The van der Waals surface area contributed by atoms with Crippen LogP contribution in [0.5, 0.6) is 0 Å². The highest BCUT2D eigenvalue weighted by molar-refractivity contribution is 8.04. The number of allylic oxidation sites excluding steroid dienone is 1. The first-order valence-electron chi connectivity index (χ1n) is 8.51. The Morgan fingerprint density at radius 2 is 1.81 bits per heavy atom. The van der Waals surface area contributed by atoms with E-state index in [-0.39, 0.29) is 11.7 Å². The number of hydrogen-bond donors (Lipinski definition) is 0. The Hall–Kier alpha value is -2.12. The molecule has 0 spiro atoms.